The van der Waals surface area contributed by atoms with Gasteiger partial charge in [-0.1, -0.05) is 12.1 Å². The van der Waals surface area contributed by atoms with Crippen LogP contribution in [0.1, 0.15) is 35.4 Å². The maximum atomic E-state index is 14.1. The summed E-state index contributed by atoms with van der Waals surface area (Å²) in [7, 11) is 0. The maximum Gasteiger partial charge on any atom is 0.322 e. The molecule has 0 spiro atoms. The normalized spacial score (nSPS) is 19.8. The van der Waals surface area contributed by atoms with Crippen molar-refractivity contribution >= 4 is 40.7 Å². The number of carbonyl (C=O) groups is 2. The van der Waals surface area contributed by atoms with Crippen molar-refractivity contribution in [2.75, 3.05) is 44.3 Å². The highest BCUT2D eigenvalue weighted by atomic mass is 32.2. The molecule has 0 radical (unpaired) electrons. The molecule has 3 aromatic rings. The quantitative estimate of drug-likeness (QED) is 0.398. The van der Waals surface area contributed by atoms with Crippen molar-refractivity contribution in [3.63, 3.8) is 0 Å². The number of hydrogen-bond donors (Lipinski definition) is 1. The van der Waals surface area contributed by atoms with E-state index in [0.717, 1.165) is 29.1 Å². The first kappa shape index (κ1) is 26.7. The van der Waals surface area contributed by atoms with E-state index in [1.165, 1.54) is 16.5 Å². The maximum absolute atomic E-state index is 14.1. The van der Waals surface area contributed by atoms with Gasteiger partial charge >= 0.3 is 6.03 Å². The van der Waals surface area contributed by atoms with E-state index in [0.29, 0.717) is 32.6 Å². The van der Waals surface area contributed by atoms with Crippen LogP contribution in [0.2, 0.25) is 0 Å². The molecule has 3 heterocycles. The van der Waals surface area contributed by atoms with E-state index >= 15 is 0 Å². The van der Waals surface area contributed by atoms with Gasteiger partial charge in [0, 0.05) is 60.6 Å². The summed E-state index contributed by atoms with van der Waals surface area (Å²) in [5.74, 6) is -0.146. The van der Waals surface area contributed by atoms with Crippen molar-refractivity contribution in [2.45, 2.75) is 36.7 Å². The van der Waals surface area contributed by atoms with Crippen LogP contribution in [0.15, 0.2) is 64.9 Å². The highest BCUT2D eigenvalue weighted by Gasteiger charge is 2.32. The SMILES string of the molecule is CSc1ccc(NC(=O)N2CCN(C(=O)CCN3CCc4sccc4[C@H]3c3cccc(F)c3)C[C@H]2C)cc1. The standard InChI is InChI=1S/C29H33FN4O2S2/c1-20-19-33(15-16-34(20)29(36)31-23-6-8-24(37-2)9-7-23)27(35)11-14-32-13-10-26-25(12-17-38-26)28(32)21-4-3-5-22(30)18-21/h3-9,12,17-18,20,28H,10-11,13-16,19H2,1-2H3,(H,31,36)/t20-,28-/m1/s1. The number of anilines is 1. The average molecular weight is 553 g/mol. The molecule has 2 aliphatic heterocycles. The molecule has 0 unspecified atom stereocenters. The highest BCUT2D eigenvalue weighted by molar-refractivity contribution is 7.98. The van der Waals surface area contributed by atoms with Crippen molar-refractivity contribution in [2.24, 2.45) is 0 Å². The first-order valence-electron chi connectivity index (χ1n) is 13.0. The zero-order valence-electron chi connectivity index (χ0n) is 21.7. The molecular weight excluding hydrogens is 519 g/mol. The number of halogens is 1. The fourth-order valence-electron chi connectivity index (χ4n) is 5.43. The molecule has 38 heavy (non-hydrogen) atoms. The van der Waals surface area contributed by atoms with Crippen molar-refractivity contribution in [3.8, 4) is 0 Å². The number of nitrogens with zero attached hydrogens (tertiary/aromatic N) is 3. The van der Waals surface area contributed by atoms with Crippen molar-refractivity contribution in [1.82, 2.24) is 14.7 Å². The van der Waals surface area contributed by atoms with Crippen LogP contribution in [0, 0.1) is 5.82 Å². The molecule has 1 saturated heterocycles. The lowest BCUT2D eigenvalue weighted by Gasteiger charge is -2.40. The first-order valence-corrected chi connectivity index (χ1v) is 15.1. The summed E-state index contributed by atoms with van der Waals surface area (Å²) >= 11 is 3.41. The lowest BCUT2D eigenvalue weighted by Crippen LogP contribution is -2.56. The minimum absolute atomic E-state index is 0.0436. The number of thiophene rings is 1. The van der Waals surface area contributed by atoms with Crippen LogP contribution < -0.4 is 5.32 Å². The number of hydrogen-bond acceptors (Lipinski definition) is 5. The number of fused-ring (bicyclic) bond motifs is 1. The number of urea groups is 1. The average Bonchev–Trinajstić information content (AvgIpc) is 3.40. The largest absolute Gasteiger partial charge is 0.339 e. The lowest BCUT2D eigenvalue weighted by molar-refractivity contribution is -0.134. The van der Waals surface area contributed by atoms with Gasteiger partial charge in [-0.3, -0.25) is 9.69 Å². The fourth-order valence-corrected chi connectivity index (χ4v) is 6.74. The second-order valence-electron chi connectivity index (χ2n) is 9.83. The molecule has 200 valence electrons. The lowest BCUT2D eigenvalue weighted by atomic mass is 9.93. The molecule has 0 aliphatic carbocycles. The van der Waals surface area contributed by atoms with Crippen molar-refractivity contribution in [3.05, 3.63) is 81.8 Å². The van der Waals surface area contributed by atoms with Crippen LogP contribution >= 0.6 is 23.1 Å². The monoisotopic (exact) mass is 552 g/mol. The van der Waals surface area contributed by atoms with Crippen LogP contribution in [0.3, 0.4) is 0 Å². The van der Waals surface area contributed by atoms with E-state index in [2.05, 4.69) is 21.7 Å². The second kappa shape index (κ2) is 11.9. The third kappa shape index (κ3) is 5.90. The van der Waals surface area contributed by atoms with E-state index in [9.17, 15) is 14.0 Å². The number of carbonyl (C=O) groups excluding carboxylic acids is 2. The molecule has 2 aromatic carbocycles. The molecule has 5 rings (SSSR count). The Labute approximate surface area is 231 Å². The van der Waals surface area contributed by atoms with Crippen LogP contribution in [0.4, 0.5) is 14.9 Å². The Kier molecular flexibility index (Phi) is 8.35. The summed E-state index contributed by atoms with van der Waals surface area (Å²) in [4.78, 5) is 34.6. The predicted octanol–water partition coefficient (Wildman–Crippen LogP) is 5.71. The second-order valence-corrected chi connectivity index (χ2v) is 11.7. The Bertz CT molecular complexity index is 1280. The highest BCUT2D eigenvalue weighted by Crippen LogP contribution is 2.38. The molecule has 3 amide bonds. The van der Waals surface area contributed by atoms with Crippen LogP contribution in [0.25, 0.3) is 0 Å². The van der Waals surface area contributed by atoms with E-state index in [-0.39, 0.29) is 29.8 Å². The summed E-state index contributed by atoms with van der Waals surface area (Å²) in [6.45, 7) is 4.96. The van der Waals surface area contributed by atoms with Gasteiger partial charge < -0.3 is 15.1 Å². The molecule has 1 aromatic heterocycles. The molecule has 6 nitrogen and oxygen atoms in total. The first-order chi connectivity index (χ1) is 18.4. The van der Waals surface area contributed by atoms with Crippen molar-refractivity contribution in [1.29, 1.82) is 0 Å². The Balaban J connectivity index is 1.17. The van der Waals surface area contributed by atoms with Gasteiger partial charge in [0.05, 0.1) is 6.04 Å². The van der Waals surface area contributed by atoms with Gasteiger partial charge in [-0.25, -0.2) is 9.18 Å². The smallest absolute Gasteiger partial charge is 0.322 e. The fraction of sp³-hybridized carbons (Fsp3) is 0.379. The number of nitrogens with one attached hydrogen (secondary N) is 1. The minimum atomic E-state index is -0.242. The predicted molar refractivity (Wildman–Crippen MR) is 152 cm³/mol. The summed E-state index contributed by atoms with van der Waals surface area (Å²) in [5, 5.41) is 5.08. The third-order valence-electron chi connectivity index (χ3n) is 7.43. The topological polar surface area (TPSA) is 55.9 Å². The van der Waals surface area contributed by atoms with Crippen molar-refractivity contribution < 1.29 is 14.0 Å². The van der Waals surface area contributed by atoms with Gasteiger partial charge in [-0.15, -0.1) is 23.1 Å². The molecular formula is C29H33FN4O2S2. The Morgan fingerprint density at radius 2 is 1.92 bits per heavy atom. The molecule has 9 heteroatoms. The van der Waals surface area contributed by atoms with Gasteiger partial charge in [0.15, 0.2) is 0 Å². The zero-order chi connectivity index (χ0) is 26.6. The number of piperazine rings is 1. The van der Waals surface area contributed by atoms with E-state index in [4.69, 9.17) is 0 Å². The number of rotatable bonds is 6. The summed E-state index contributed by atoms with van der Waals surface area (Å²) in [5.41, 5.74) is 2.91. The summed E-state index contributed by atoms with van der Waals surface area (Å²) in [6, 6.07) is 16.5. The van der Waals surface area contributed by atoms with E-state index in [1.807, 2.05) is 48.4 Å². The zero-order valence-corrected chi connectivity index (χ0v) is 23.4. The molecule has 0 bridgehead atoms. The Morgan fingerprint density at radius 3 is 2.66 bits per heavy atom. The van der Waals surface area contributed by atoms with Gasteiger partial charge in [-0.2, -0.15) is 0 Å². The van der Waals surface area contributed by atoms with Crippen LogP contribution in [0.5, 0.6) is 0 Å². The summed E-state index contributed by atoms with van der Waals surface area (Å²) < 4.78 is 14.1. The molecule has 2 atom stereocenters. The third-order valence-corrected chi connectivity index (χ3v) is 9.17. The molecule has 1 N–H and O–H groups in total. The Hall–Kier alpha value is -2.88. The molecule has 1 fully saturated rings. The number of thioether (sulfide) groups is 1. The molecule has 2 aliphatic rings. The van der Waals surface area contributed by atoms with Crippen LogP contribution in [-0.4, -0.2) is 71.7 Å². The van der Waals surface area contributed by atoms with Gasteiger partial charge in [0.1, 0.15) is 5.82 Å². The van der Waals surface area contributed by atoms with E-state index < -0.39 is 0 Å². The van der Waals surface area contributed by atoms with E-state index in [1.54, 1.807) is 40.1 Å². The minimum Gasteiger partial charge on any atom is -0.339 e. The number of benzene rings is 2. The Morgan fingerprint density at radius 1 is 1.11 bits per heavy atom. The number of amides is 3. The van der Waals surface area contributed by atoms with Gasteiger partial charge in [-0.05, 0) is 78.6 Å². The molecule has 0 saturated carbocycles. The van der Waals surface area contributed by atoms with Gasteiger partial charge in [0.2, 0.25) is 5.91 Å². The van der Waals surface area contributed by atoms with Gasteiger partial charge in [0.25, 0.3) is 0 Å². The summed E-state index contributed by atoms with van der Waals surface area (Å²) in [6.07, 6.45) is 3.36. The van der Waals surface area contributed by atoms with Crippen LogP contribution in [-0.2, 0) is 11.2 Å².